The van der Waals surface area contributed by atoms with Gasteiger partial charge in [0.25, 0.3) is 0 Å². The van der Waals surface area contributed by atoms with Crippen molar-refractivity contribution in [2.24, 2.45) is 5.73 Å². The molecule has 0 bridgehead atoms. The largest absolute Gasteiger partial charge is 0.492 e. The number of fused-ring (bicyclic) bond motifs is 1. The molecule has 1 aromatic carbocycles. The van der Waals surface area contributed by atoms with Crippen molar-refractivity contribution >= 4 is 17.2 Å². The molecule has 1 heterocycles. The van der Waals surface area contributed by atoms with E-state index < -0.39 is 0 Å². The molecule has 0 radical (unpaired) electrons. The zero-order valence-corrected chi connectivity index (χ0v) is 7.30. The van der Waals surface area contributed by atoms with Crippen LogP contribution < -0.4 is 10.5 Å². The van der Waals surface area contributed by atoms with E-state index in [-0.39, 0.29) is 5.92 Å². The van der Waals surface area contributed by atoms with Crippen molar-refractivity contribution in [3.05, 3.63) is 29.8 Å². The van der Waals surface area contributed by atoms with E-state index in [4.69, 9.17) is 22.7 Å². The molecule has 1 atom stereocenters. The first-order valence-electron chi connectivity index (χ1n) is 3.80. The molecule has 0 aliphatic carbocycles. The summed E-state index contributed by atoms with van der Waals surface area (Å²) in [5, 5.41) is 0. The molecule has 1 aliphatic rings. The predicted octanol–water partition coefficient (Wildman–Crippen LogP) is 1.45. The van der Waals surface area contributed by atoms with E-state index in [1.54, 1.807) is 0 Å². The van der Waals surface area contributed by atoms with Crippen molar-refractivity contribution in [3.63, 3.8) is 0 Å². The Morgan fingerprint density at radius 1 is 1.50 bits per heavy atom. The Labute approximate surface area is 76.3 Å². The van der Waals surface area contributed by atoms with Gasteiger partial charge in [-0.1, -0.05) is 30.4 Å². The first kappa shape index (κ1) is 7.55. The second-order valence-electron chi connectivity index (χ2n) is 2.80. The van der Waals surface area contributed by atoms with Gasteiger partial charge < -0.3 is 10.5 Å². The maximum Gasteiger partial charge on any atom is 0.123 e. The fraction of sp³-hybridized carbons (Fsp3) is 0.222. The maximum absolute atomic E-state index is 5.56. The van der Waals surface area contributed by atoms with Crippen LogP contribution >= 0.6 is 12.2 Å². The molecule has 0 amide bonds. The second-order valence-corrected chi connectivity index (χ2v) is 3.28. The SMILES string of the molecule is NC(=S)C1COc2ccccc21. The molecule has 0 saturated heterocycles. The highest BCUT2D eigenvalue weighted by molar-refractivity contribution is 7.80. The Balaban J connectivity index is 2.42. The molecule has 1 aliphatic heterocycles. The van der Waals surface area contributed by atoms with Crippen LogP contribution in [0.3, 0.4) is 0 Å². The van der Waals surface area contributed by atoms with Gasteiger partial charge >= 0.3 is 0 Å². The van der Waals surface area contributed by atoms with Gasteiger partial charge in [-0.15, -0.1) is 0 Å². The van der Waals surface area contributed by atoms with Crippen molar-refractivity contribution in [1.82, 2.24) is 0 Å². The van der Waals surface area contributed by atoms with Crippen molar-refractivity contribution < 1.29 is 4.74 Å². The lowest BCUT2D eigenvalue weighted by Crippen LogP contribution is -2.20. The van der Waals surface area contributed by atoms with Crippen LogP contribution in [-0.4, -0.2) is 11.6 Å². The van der Waals surface area contributed by atoms with Gasteiger partial charge in [-0.3, -0.25) is 0 Å². The average Bonchev–Trinajstić information content (AvgIpc) is 2.47. The standard InChI is InChI=1S/C9H9NOS/c10-9(12)7-5-11-8-4-2-1-3-6(7)8/h1-4,7H,5H2,(H2,10,12). The molecule has 1 unspecified atom stereocenters. The highest BCUT2D eigenvalue weighted by atomic mass is 32.1. The average molecular weight is 179 g/mol. The number of benzene rings is 1. The van der Waals surface area contributed by atoms with Gasteiger partial charge in [0.1, 0.15) is 12.4 Å². The van der Waals surface area contributed by atoms with Crippen LogP contribution in [0.2, 0.25) is 0 Å². The number of hydrogen-bond acceptors (Lipinski definition) is 2. The lowest BCUT2D eigenvalue weighted by Gasteiger charge is -2.04. The molecule has 2 N–H and O–H groups in total. The summed E-state index contributed by atoms with van der Waals surface area (Å²) < 4.78 is 5.40. The topological polar surface area (TPSA) is 35.2 Å². The Kier molecular flexibility index (Phi) is 1.73. The Morgan fingerprint density at radius 3 is 3.00 bits per heavy atom. The quantitative estimate of drug-likeness (QED) is 0.663. The number of hydrogen-bond donors (Lipinski definition) is 1. The van der Waals surface area contributed by atoms with Crippen molar-refractivity contribution in [2.45, 2.75) is 5.92 Å². The number of para-hydroxylation sites is 1. The van der Waals surface area contributed by atoms with Gasteiger partial charge in [-0.2, -0.15) is 0 Å². The minimum atomic E-state index is 0.108. The molecule has 0 spiro atoms. The summed E-state index contributed by atoms with van der Waals surface area (Å²) in [5.74, 6) is 1.02. The number of thiocarbonyl (C=S) groups is 1. The number of ether oxygens (including phenoxy) is 1. The third-order valence-corrected chi connectivity index (χ3v) is 2.33. The van der Waals surface area contributed by atoms with Crippen LogP contribution in [0.1, 0.15) is 11.5 Å². The van der Waals surface area contributed by atoms with Gasteiger partial charge in [0, 0.05) is 5.56 Å². The van der Waals surface area contributed by atoms with E-state index in [0.29, 0.717) is 11.6 Å². The molecule has 2 rings (SSSR count). The molecule has 0 saturated carbocycles. The zero-order chi connectivity index (χ0) is 8.55. The summed E-state index contributed by atoms with van der Waals surface area (Å²) in [5.41, 5.74) is 6.68. The van der Waals surface area contributed by atoms with Crippen LogP contribution in [0, 0.1) is 0 Å². The molecule has 3 heteroatoms. The monoisotopic (exact) mass is 179 g/mol. The summed E-state index contributed by atoms with van der Waals surface area (Å²) >= 11 is 4.93. The second kappa shape index (κ2) is 2.75. The fourth-order valence-corrected chi connectivity index (χ4v) is 1.59. The van der Waals surface area contributed by atoms with E-state index in [2.05, 4.69) is 0 Å². The highest BCUT2D eigenvalue weighted by Crippen LogP contribution is 2.33. The minimum Gasteiger partial charge on any atom is -0.492 e. The van der Waals surface area contributed by atoms with E-state index in [1.165, 1.54) is 0 Å². The van der Waals surface area contributed by atoms with E-state index in [1.807, 2.05) is 24.3 Å². The highest BCUT2D eigenvalue weighted by Gasteiger charge is 2.25. The molecule has 2 nitrogen and oxygen atoms in total. The molecule has 62 valence electrons. The molecule has 0 fully saturated rings. The number of nitrogens with two attached hydrogens (primary N) is 1. The number of rotatable bonds is 1. The van der Waals surface area contributed by atoms with Gasteiger partial charge in [-0.25, -0.2) is 0 Å². The van der Waals surface area contributed by atoms with Crippen molar-refractivity contribution in [2.75, 3.05) is 6.61 Å². The summed E-state index contributed by atoms with van der Waals surface area (Å²) in [6.07, 6.45) is 0. The predicted molar refractivity (Wildman–Crippen MR) is 51.5 cm³/mol. The first-order valence-corrected chi connectivity index (χ1v) is 4.21. The van der Waals surface area contributed by atoms with Gasteiger partial charge in [-0.05, 0) is 6.07 Å². The lowest BCUT2D eigenvalue weighted by atomic mass is 10.0. The summed E-state index contributed by atoms with van der Waals surface area (Å²) in [4.78, 5) is 0.514. The summed E-state index contributed by atoms with van der Waals surface area (Å²) in [6, 6.07) is 7.86. The summed E-state index contributed by atoms with van der Waals surface area (Å²) in [6.45, 7) is 0.592. The summed E-state index contributed by atoms with van der Waals surface area (Å²) in [7, 11) is 0. The Hall–Kier alpha value is -1.09. The van der Waals surface area contributed by atoms with Crippen LogP contribution in [-0.2, 0) is 0 Å². The van der Waals surface area contributed by atoms with Crippen LogP contribution in [0.15, 0.2) is 24.3 Å². The molecular formula is C9H9NOS. The molecule has 12 heavy (non-hydrogen) atoms. The van der Waals surface area contributed by atoms with Gasteiger partial charge in [0.15, 0.2) is 0 Å². The molecule has 0 aromatic heterocycles. The third-order valence-electron chi connectivity index (χ3n) is 2.04. The third kappa shape index (κ3) is 1.06. The van der Waals surface area contributed by atoms with Gasteiger partial charge in [0.2, 0.25) is 0 Å². The van der Waals surface area contributed by atoms with E-state index in [0.717, 1.165) is 11.3 Å². The van der Waals surface area contributed by atoms with Crippen molar-refractivity contribution in [3.8, 4) is 5.75 Å². The molecular weight excluding hydrogens is 170 g/mol. The maximum atomic E-state index is 5.56. The first-order chi connectivity index (χ1) is 5.79. The van der Waals surface area contributed by atoms with Crippen LogP contribution in [0.4, 0.5) is 0 Å². The minimum absolute atomic E-state index is 0.108. The van der Waals surface area contributed by atoms with E-state index in [9.17, 15) is 0 Å². The smallest absolute Gasteiger partial charge is 0.123 e. The normalized spacial score (nSPS) is 19.8. The van der Waals surface area contributed by atoms with E-state index >= 15 is 0 Å². The van der Waals surface area contributed by atoms with Crippen molar-refractivity contribution in [1.29, 1.82) is 0 Å². The van der Waals surface area contributed by atoms with Gasteiger partial charge in [0.05, 0.1) is 10.9 Å². The molecule has 1 aromatic rings. The zero-order valence-electron chi connectivity index (χ0n) is 6.49. The Morgan fingerprint density at radius 2 is 2.25 bits per heavy atom. The Bertz CT molecular complexity index is 324. The van der Waals surface area contributed by atoms with Crippen LogP contribution in [0.5, 0.6) is 5.75 Å². The lowest BCUT2D eigenvalue weighted by molar-refractivity contribution is 0.350. The van der Waals surface area contributed by atoms with Crippen LogP contribution in [0.25, 0.3) is 0 Å². The fourth-order valence-electron chi connectivity index (χ4n) is 1.40.